The molecule has 0 aliphatic rings. The summed E-state index contributed by atoms with van der Waals surface area (Å²) in [6.07, 6.45) is -0.840. The maximum Gasteiger partial charge on any atom is 0.315 e. The molecule has 1 unspecified atom stereocenters. The number of carbonyl (C=O) groups excluding carboxylic acids is 1. The first-order chi connectivity index (χ1) is 11.5. The molecule has 0 radical (unpaired) electrons. The topological polar surface area (TPSA) is 104 Å². The van der Waals surface area contributed by atoms with E-state index in [1.54, 1.807) is 36.4 Å². The van der Waals surface area contributed by atoms with Crippen molar-refractivity contribution in [3.63, 3.8) is 0 Å². The van der Waals surface area contributed by atoms with Gasteiger partial charge in [-0.2, -0.15) is 0 Å². The predicted molar refractivity (Wildman–Crippen MR) is 89.7 cm³/mol. The molecular formula is C16H16ClN3O4. The molecule has 0 heterocycles. The van der Waals surface area contributed by atoms with Crippen LogP contribution in [0.3, 0.4) is 0 Å². The number of aliphatic hydroxyl groups is 1. The van der Waals surface area contributed by atoms with Crippen LogP contribution in [0.15, 0.2) is 48.5 Å². The van der Waals surface area contributed by atoms with Gasteiger partial charge in [0, 0.05) is 30.2 Å². The smallest absolute Gasteiger partial charge is 0.315 e. The highest BCUT2D eigenvalue weighted by atomic mass is 35.5. The van der Waals surface area contributed by atoms with E-state index in [1.165, 1.54) is 12.1 Å². The van der Waals surface area contributed by atoms with Gasteiger partial charge in [-0.15, -0.1) is 0 Å². The third-order valence-electron chi connectivity index (χ3n) is 3.31. The van der Waals surface area contributed by atoms with Crippen molar-refractivity contribution in [3.8, 4) is 0 Å². The first-order valence-corrected chi connectivity index (χ1v) is 7.52. The highest BCUT2D eigenvalue weighted by Crippen LogP contribution is 2.15. The third kappa shape index (κ3) is 5.22. The molecule has 2 rings (SSSR count). The number of aliphatic hydroxyl groups excluding tert-OH is 1. The Hall–Kier alpha value is -2.64. The number of hydrogen-bond acceptors (Lipinski definition) is 4. The van der Waals surface area contributed by atoms with E-state index >= 15 is 0 Å². The predicted octanol–water partition coefficient (Wildman–Crippen LogP) is 2.78. The lowest BCUT2D eigenvalue weighted by molar-refractivity contribution is -0.384. The number of nitro benzene ring substituents is 1. The number of amides is 2. The Morgan fingerprint density at radius 3 is 2.33 bits per heavy atom. The van der Waals surface area contributed by atoms with Gasteiger partial charge in [-0.3, -0.25) is 10.1 Å². The van der Waals surface area contributed by atoms with Crippen molar-refractivity contribution in [3.05, 3.63) is 74.8 Å². The number of rotatable bonds is 6. The van der Waals surface area contributed by atoms with Crippen LogP contribution in [0.5, 0.6) is 0 Å². The molecule has 0 saturated carbocycles. The number of halogens is 1. The molecule has 1 atom stereocenters. The fraction of sp³-hybridized carbons (Fsp3) is 0.188. The van der Waals surface area contributed by atoms with E-state index in [4.69, 9.17) is 11.6 Å². The fourth-order valence-corrected chi connectivity index (χ4v) is 2.10. The minimum Gasteiger partial charge on any atom is -0.387 e. The zero-order valence-corrected chi connectivity index (χ0v) is 13.4. The summed E-state index contributed by atoms with van der Waals surface area (Å²) in [5.41, 5.74) is 1.37. The Labute approximate surface area is 143 Å². The van der Waals surface area contributed by atoms with Crippen molar-refractivity contribution in [2.24, 2.45) is 0 Å². The summed E-state index contributed by atoms with van der Waals surface area (Å²) < 4.78 is 0. The molecule has 7 nitrogen and oxygen atoms in total. The van der Waals surface area contributed by atoms with Gasteiger partial charge in [-0.05, 0) is 23.3 Å². The average Bonchev–Trinajstić information content (AvgIpc) is 2.58. The van der Waals surface area contributed by atoms with Crippen LogP contribution in [0.2, 0.25) is 5.02 Å². The average molecular weight is 350 g/mol. The largest absolute Gasteiger partial charge is 0.387 e. The van der Waals surface area contributed by atoms with Crippen molar-refractivity contribution < 1.29 is 14.8 Å². The molecule has 0 fully saturated rings. The SMILES string of the molecule is O=C(NCc1ccc([N+](=O)[O-])cc1)NCC(O)c1ccc(Cl)cc1. The zero-order chi connectivity index (χ0) is 17.5. The lowest BCUT2D eigenvalue weighted by Crippen LogP contribution is -2.37. The highest BCUT2D eigenvalue weighted by Gasteiger charge is 2.09. The Morgan fingerprint density at radius 2 is 1.75 bits per heavy atom. The second kappa shape index (κ2) is 8.28. The molecular weight excluding hydrogens is 334 g/mol. The monoisotopic (exact) mass is 349 g/mol. The molecule has 0 spiro atoms. The van der Waals surface area contributed by atoms with Gasteiger partial charge in [0.1, 0.15) is 0 Å². The van der Waals surface area contributed by atoms with E-state index in [0.717, 1.165) is 5.56 Å². The third-order valence-corrected chi connectivity index (χ3v) is 3.56. The van der Waals surface area contributed by atoms with E-state index in [-0.39, 0.29) is 18.8 Å². The standard InChI is InChI=1S/C16H16ClN3O4/c17-13-5-3-12(4-6-13)15(21)10-19-16(22)18-9-11-1-7-14(8-2-11)20(23)24/h1-8,15,21H,9-10H2,(H2,18,19,22). The molecule has 2 aromatic carbocycles. The van der Waals surface area contributed by atoms with E-state index in [0.29, 0.717) is 10.6 Å². The van der Waals surface area contributed by atoms with Crippen molar-refractivity contribution in [1.82, 2.24) is 10.6 Å². The molecule has 2 amide bonds. The summed E-state index contributed by atoms with van der Waals surface area (Å²) in [6.45, 7) is 0.272. The minimum absolute atomic E-state index is 0.00529. The lowest BCUT2D eigenvalue weighted by Gasteiger charge is -2.13. The molecule has 24 heavy (non-hydrogen) atoms. The van der Waals surface area contributed by atoms with Crippen molar-refractivity contribution in [2.45, 2.75) is 12.6 Å². The molecule has 0 aliphatic carbocycles. The van der Waals surface area contributed by atoms with Gasteiger partial charge in [-0.1, -0.05) is 35.9 Å². The second-order valence-electron chi connectivity index (χ2n) is 5.05. The zero-order valence-electron chi connectivity index (χ0n) is 12.6. The Bertz CT molecular complexity index is 704. The summed E-state index contributed by atoms with van der Waals surface area (Å²) in [5.74, 6) is 0. The quantitative estimate of drug-likeness (QED) is 0.551. The van der Waals surface area contributed by atoms with Crippen LogP contribution in [0, 0.1) is 10.1 Å². The van der Waals surface area contributed by atoms with Crippen molar-refractivity contribution >= 4 is 23.3 Å². The number of nitrogens with zero attached hydrogens (tertiary/aromatic N) is 1. The van der Waals surface area contributed by atoms with Gasteiger partial charge in [0.25, 0.3) is 5.69 Å². The minimum atomic E-state index is -0.840. The van der Waals surface area contributed by atoms with Crippen molar-refractivity contribution in [2.75, 3.05) is 6.54 Å². The number of hydrogen-bond donors (Lipinski definition) is 3. The van der Waals surface area contributed by atoms with Crippen LogP contribution in [0.4, 0.5) is 10.5 Å². The molecule has 0 bridgehead atoms. The Morgan fingerprint density at radius 1 is 1.12 bits per heavy atom. The van der Waals surface area contributed by atoms with Crippen LogP contribution in [0.25, 0.3) is 0 Å². The highest BCUT2D eigenvalue weighted by molar-refractivity contribution is 6.30. The van der Waals surface area contributed by atoms with Crippen LogP contribution in [0.1, 0.15) is 17.2 Å². The Balaban J connectivity index is 1.76. The maximum absolute atomic E-state index is 11.7. The normalized spacial score (nSPS) is 11.6. The van der Waals surface area contributed by atoms with E-state index in [1.807, 2.05) is 0 Å². The first-order valence-electron chi connectivity index (χ1n) is 7.14. The number of carbonyl (C=O) groups is 1. The summed E-state index contributed by atoms with van der Waals surface area (Å²) in [6, 6.07) is 12.1. The molecule has 2 aromatic rings. The maximum atomic E-state index is 11.7. The molecule has 3 N–H and O–H groups in total. The summed E-state index contributed by atoms with van der Waals surface area (Å²) in [7, 11) is 0. The molecule has 0 aliphatic heterocycles. The summed E-state index contributed by atoms with van der Waals surface area (Å²) in [4.78, 5) is 21.8. The van der Waals surface area contributed by atoms with Gasteiger partial charge in [0.05, 0.1) is 11.0 Å². The van der Waals surface area contributed by atoms with E-state index in [9.17, 15) is 20.0 Å². The lowest BCUT2D eigenvalue weighted by atomic mass is 10.1. The number of benzene rings is 2. The molecule has 8 heteroatoms. The van der Waals surface area contributed by atoms with Gasteiger partial charge >= 0.3 is 6.03 Å². The Kier molecular flexibility index (Phi) is 6.11. The van der Waals surface area contributed by atoms with Gasteiger partial charge in [0.15, 0.2) is 0 Å². The van der Waals surface area contributed by atoms with Crippen LogP contribution in [-0.2, 0) is 6.54 Å². The summed E-state index contributed by atoms with van der Waals surface area (Å²) in [5, 5.41) is 26.3. The van der Waals surface area contributed by atoms with E-state index < -0.39 is 17.1 Å². The first kappa shape index (κ1) is 17.7. The van der Waals surface area contributed by atoms with Gasteiger partial charge < -0.3 is 15.7 Å². The van der Waals surface area contributed by atoms with Crippen molar-refractivity contribution in [1.29, 1.82) is 0 Å². The van der Waals surface area contributed by atoms with Crippen LogP contribution < -0.4 is 10.6 Å². The number of nitro groups is 1. The number of nitrogens with one attached hydrogen (secondary N) is 2. The molecule has 0 aromatic heterocycles. The molecule has 126 valence electrons. The van der Waals surface area contributed by atoms with Crippen LogP contribution >= 0.6 is 11.6 Å². The van der Waals surface area contributed by atoms with Crippen LogP contribution in [-0.4, -0.2) is 22.6 Å². The fourth-order valence-electron chi connectivity index (χ4n) is 1.97. The van der Waals surface area contributed by atoms with E-state index in [2.05, 4.69) is 10.6 Å². The number of urea groups is 1. The molecule has 0 saturated heterocycles. The summed E-state index contributed by atoms with van der Waals surface area (Å²) >= 11 is 5.77. The number of non-ortho nitro benzene ring substituents is 1. The van der Waals surface area contributed by atoms with Gasteiger partial charge in [0.2, 0.25) is 0 Å². The van der Waals surface area contributed by atoms with Gasteiger partial charge in [-0.25, -0.2) is 4.79 Å². The second-order valence-corrected chi connectivity index (χ2v) is 5.49.